The Morgan fingerprint density at radius 1 is 1.33 bits per heavy atom. The van der Waals surface area contributed by atoms with Crippen molar-refractivity contribution in [3.8, 4) is 0 Å². The highest BCUT2D eigenvalue weighted by molar-refractivity contribution is 8.00. The van der Waals surface area contributed by atoms with Crippen molar-refractivity contribution in [1.29, 1.82) is 0 Å². The third kappa shape index (κ3) is 3.45. The van der Waals surface area contributed by atoms with Crippen molar-refractivity contribution in [2.75, 3.05) is 5.32 Å². The number of hydrogen-bond acceptors (Lipinski definition) is 4. The van der Waals surface area contributed by atoms with Crippen LogP contribution in [-0.4, -0.2) is 16.4 Å². The SMILES string of the molecule is CCC(Sc1c(=O)o[nH][n+]1C)C(=O)Nc1c(F)c(F)cc(F)c1F. The van der Waals surface area contributed by atoms with Crippen LogP contribution in [0.4, 0.5) is 23.2 Å². The largest absolute Gasteiger partial charge is 0.441 e. The van der Waals surface area contributed by atoms with Crippen LogP contribution in [0.2, 0.25) is 0 Å². The normalized spacial score (nSPS) is 12.2. The van der Waals surface area contributed by atoms with Gasteiger partial charge in [-0.3, -0.25) is 9.32 Å². The maximum Gasteiger partial charge on any atom is 0.441 e. The molecule has 0 bridgehead atoms. The van der Waals surface area contributed by atoms with Gasteiger partial charge in [0.1, 0.15) is 5.69 Å². The molecule has 11 heteroatoms. The highest BCUT2D eigenvalue weighted by atomic mass is 32.2. The fourth-order valence-electron chi connectivity index (χ4n) is 1.80. The van der Waals surface area contributed by atoms with Gasteiger partial charge in [-0.1, -0.05) is 11.6 Å². The number of nitrogens with one attached hydrogen (secondary N) is 2. The van der Waals surface area contributed by atoms with Gasteiger partial charge < -0.3 is 5.32 Å². The van der Waals surface area contributed by atoms with E-state index in [2.05, 4.69) is 9.79 Å². The number of amides is 1. The van der Waals surface area contributed by atoms with Crippen LogP contribution in [0.1, 0.15) is 13.3 Å². The Bertz CT molecular complexity index is 810. The molecule has 0 aliphatic heterocycles. The quantitative estimate of drug-likeness (QED) is 0.366. The van der Waals surface area contributed by atoms with Gasteiger partial charge in [0.2, 0.25) is 5.91 Å². The van der Waals surface area contributed by atoms with Crippen molar-refractivity contribution in [3.63, 3.8) is 0 Å². The summed E-state index contributed by atoms with van der Waals surface area (Å²) in [5, 5.41) is 3.15. The molecule has 2 N–H and O–H groups in total. The molecule has 24 heavy (non-hydrogen) atoms. The Kier molecular flexibility index (Phi) is 5.32. The molecule has 2 rings (SSSR count). The predicted octanol–water partition coefficient (Wildman–Crippen LogP) is 1.86. The lowest BCUT2D eigenvalue weighted by Crippen LogP contribution is -2.36. The Labute approximate surface area is 136 Å². The van der Waals surface area contributed by atoms with Crippen LogP contribution in [0, 0.1) is 23.3 Å². The zero-order valence-corrected chi connectivity index (χ0v) is 13.3. The molecule has 130 valence electrons. The second-order valence-electron chi connectivity index (χ2n) is 4.69. The van der Waals surface area contributed by atoms with Gasteiger partial charge in [-0.15, -0.1) is 0 Å². The first-order chi connectivity index (χ1) is 11.3. The average molecular weight is 366 g/mol. The van der Waals surface area contributed by atoms with E-state index in [1.807, 2.05) is 5.32 Å². The van der Waals surface area contributed by atoms with Crippen LogP contribution < -0.4 is 15.6 Å². The molecule has 0 fully saturated rings. The lowest BCUT2D eigenvalue weighted by molar-refractivity contribution is -0.772. The smallest absolute Gasteiger partial charge is 0.320 e. The first kappa shape index (κ1) is 18.0. The topological polar surface area (TPSA) is 79.0 Å². The molecule has 6 nitrogen and oxygen atoms in total. The van der Waals surface area contributed by atoms with E-state index in [0.29, 0.717) is 0 Å². The molecule has 0 aliphatic carbocycles. The van der Waals surface area contributed by atoms with Crippen LogP contribution in [0.5, 0.6) is 0 Å². The Morgan fingerprint density at radius 3 is 2.38 bits per heavy atom. The number of aromatic amines is 1. The summed E-state index contributed by atoms with van der Waals surface area (Å²) in [7, 11) is 1.46. The van der Waals surface area contributed by atoms with Crippen molar-refractivity contribution >= 4 is 23.4 Å². The number of carbonyl (C=O) groups excluding carboxylic acids is 1. The zero-order chi connectivity index (χ0) is 18.0. The summed E-state index contributed by atoms with van der Waals surface area (Å²) in [5.41, 5.74) is -1.95. The van der Waals surface area contributed by atoms with Gasteiger partial charge in [-0.05, 0) is 23.5 Å². The van der Waals surface area contributed by atoms with Crippen LogP contribution in [0.15, 0.2) is 20.4 Å². The number of aromatic nitrogens is 2. The van der Waals surface area contributed by atoms with Crippen LogP contribution in [-0.2, 0) is 11.8 Å². The standard InChI is InChI=1S/C13H11F4N3O3S/c1-3-7(24-12-13(22)23-19-20(12)2)11(21)18-10-8(16)5(14)4-6(15)9(10)17/h4,7H,3H2,1-2H3,(H-,18,19,21,22)/p+1. The Hall–Kier alpha value is -2.30. The molecule has 2 aromatic rings. The molecule has 1 aromatic carbocycles. The van der Waals surface area contributed by atoms with Crippen LogP contribution in [0.3, 0.4) is 0 Å². The third-order valence-electron chi connectivity index (χ3n) is 3.03. The second-order valence-corrected chi connectivity index (χ2v) is 5.88. The lowest BCUT2D eigenvalue weighted by atomic mass is 10.2. The van der Waals surface area contributed by atoms with E-state index in [1.54, 1.807) is 6.92 Å². The Morgan fingerprint density at radius 2 is 1.92 bits per heavy atom. The van der Waals surface area contributed by atoms with Crippen molar-refractivity contribution in [1.82, 2.24) is 5.27 Å². The monoisotopic (exact) mass is 366 g/mol. The van der Waals surface area contributed by atoms with E-state index in [9.17, 15) is 27.2 Å². The zero-order valence-electron chi connectivity index (χ0n) is 12.5. The van der Waals surface area contributed by atoms with Crippen molar-refractivity contribution in [3.05, 3.63) is 39.8 Å². The number of thioether (sulfide) groups is 1. The van der Waals surface area contributed by atoms with Crippen molar-refractivity contribution in [2.45, 2.75) is 23.6 Å². The van der Waals surface area contributed by atoms with E-state index in [0.717, 1.165) is 11.8 Å². The minimum Gasteiger partial charge on any atom is -0.320 e. The number of carbonyl (C=O) groups is 1. The molecule has 0 saturated carbocycles. The Balaban J connectivity index is 2.27. The summed E-state index contributed by atoms with van der Waals surface area (Å²) in [6.45, 7) is 1.59. The number of halogens is 4. The maximum atomic E-state index is 13.6. The van der Waals surface area contributed by atoms with Gasteiger partial charge in [0.15, 0.2) is 30.3 Å². The van der Waals surface area contributed by atoms with E-state index < -0.39 is 45.7 Å². The van der Waals surface area contributed by atoms with Crippen molar-refractivity contribution in [2.24, 2.45) is 7.05 Å². The second kappa shape index (κ2) is 7.07. The maximum absolute atomic E-state index is 13.6. The molecular weight excluding hydrogens is 354 g/mol. The highest BCUT2D eigenvalue weighted by Gasteiger charge is 2.29. The summed E-state index contributed by atoms with van der Waals surface area (Å²) in [4.78, 5) is 23.6. The number of nitrogens with zero attached hydrogens (tertiary/aromatic N) is 1. The number of benzene rings is 1. The van der Waals surface area contributed by atoms with E-state index in [4.69, 9.17) is 0 Å². The van der Waals surface area contributed by atoms with Crippen LogP contribution >= 0.6 is 11.8 Å². The van der Waals surface area contributed by atoms with Crippen molar-refractivity contribution < 1.29 is 31.6 Å². The third-order valence-corrected chi connectivity index (χ3v) is 4.53. The summed E-state index contributed by atoms with van der Waals surface area (Å²) in [5.74, 6) is -7.63. The molecule has 1 heterocycles. The number of rotatable bonds is 5. The number of anilines is 1. The van der Waals surface area contributed by atoms with Gasteiger partial charge in [-0.25, -0.2) is 22.4 Å². The van der Waals surface area contributed by atoms with Gasteiger partial charge >= 0.3 is 10.7 Å². The lowest BCUT2D eigenvalue weighted by Gasteiger charge is -2.13. The summed E-state index contributed by atoms with van der Waals surface area (Å²) in [6.07, 6.45) is 0.169. The summed E-state index contributed by atoms with van der Waals surface area (Å²) in [6, 6.07) is 0.0391. The molecule has 0 aliphatic rings. The first-order valence-corrected chi connectivity index (χ1v) is 7.52. The predicted molar refractivity (Wildman–Crippen MR) is 75.3 cm³/mol. The number of hydrogen-bond donors (Lipinski definition) is 2. The molecule has 0 saturated heterocycles. The highest BCUT2D eigenvalue weighted by Crippen LogP contribution is 2.26. The molecule has 0 spiro atoms. The molecular formula is C13H12F4N3O3S+. The fourth-order valence-corrected chi connectivity index (χ4v) is 2.74. The minimum atomic E-state index is -1.71. The summed E-state index contributed by atoms with van der Waals surface area (Å²) >= 11 is 0.777. The molecule has 0 radical (unpaired) electrons. The van der Waals surface area contributed by atoms with Gasteiger partial charge in [0.05, 0.1) is 5.25 Å². The van der Waals surface area contributed by atoms with Gasteiger partial charge in [0, 0.05) is 6.07 Å². The van der Waals surface area contributed by atoms with Gasteiger partial charge in [0.25, 0.3) is 0 Å². The van der Waals surface area contributed by atoms with E-state index in [1.165, 1.54) is 11.7 Å². The molecule has 1 amide bonds. The minimum absolute atomic E-state index is 0.0391. The summed E-state index contributed by atoms with van der Waals surface area (Å²) < 4.78 is 59.3. The molecule has 1 atom stereocenters. The molecule has 1 aromatic heterocycles. The number of H-pyrrole nitrogens is 1. The molecule has 1 unspecified atom stereocenters. The average Bonchev–Trinajstić information content (AvgIpc) is 2.85. The first-order valence-electron chi connectivity index (χ1n) is 6.64. The van der Waals surface area contributed by atoms with Crippen LogP contribution in [0.25, 0.3) is 0 Å². The van der Waals surface area contributed by atoms with Gasteiger partial charge in [-0.2, -0.15) is 0 Å². The van der Waals surface area contributed by atoms with E-state index in [-0.39, 0.29) is 17.5 Å². The number of aryl methyl sites for hydroxylation is 1. The fraction of sp³-hybridized carbons (Fsp3) is 0.308. The van der Waals surface area contributed by atoms with E-state index >= 15 is 0 Å².